The number of hydrogen-bond donors (Lipinski definition) is 1. The molecule has 0 saturated carbocycles. The van der Waals surface area contributed by atoms with Gasteiger partial charge in [-0.15, -0.1) is 11.3 Å². The van der Waals surface area contributed by atoms with E-state index in [-0.39, 0.29) is 11.7 Å². The molecule has 3 nitrogen and oxygen atoms in total. The predicted octanol–water partition coefficient (Wildman–Crippen LogP) is 3.48. The molecule has 5 heteroatoms. The highest BCUT2D eigenvalue weighted by Gasteiger charge is 2.04. The highest BCUT2D eigenvalue weighted by molar-refractivity contribution is 7.12. The Bertz CT molecular complexity index is 525. The van der Waals surface area contributed by atoms with E-state index >= 15 is 0 Å². The van der Waals surface area contributed by atoms with Gasteiger partial charge in [0.1, 0.15) is 11.6 Å². The van der Waals surface area contributed by atoms with Crippen LogP contribution in [0, 0.1) is 5.82 Å². The quantitative estimate of drug-likeness (QED) is 0.794. The Kier molecular flexibility index (Phi) is 5.55. The fourth-order valence-electron chi connectivity index (χ4n) is 1.64. The molecule has 0 spiro atoms. The molecule has 0 radical (unpaired) electrons. The van der Waals surface area contributed by atoms with Crippen LogP contribution in [-0.2, 0) is 0 Å². The number of hydrogen-bond acceptors (Lipinski definition) is 3. The Morgan fingerprint density at radius 3 is 2.70 bits per heavy atom. The van der Waals surface area contributed by atoms with Gasteiger partial charge in [0.05, 0.1) is 11.5 Å². The van der Waals surface area contributed by atoms with Crippen LogP contribution in [0.3, 0.4) is 0 Å². The first-order valence-corrected chi connectivity index (χ1v) is 7.34. The monoisotopic (exact) mass is 293 g/mol. The van der Waals surface area contributed by atoms with Gasteiger partial charge >= 0.3 is 0 Å². The van der Waals surface area contributed by atoms with Crippen molar-refractivity contribution in [2.75, 3.05) is 13.2 Å². The third kappa shape index (κ3) is 4.66. The summed E-state index contributed by atoms with van der Waals surface area (Å²) in [5.41, 5.74) is 0. The molecule has 2 rings (SSSR count). The lowest BCUT2D eigenvalue weighted by atomic mass is 10.3. The molecule has 1 N–H and O–H groups in total. The number of carbonyl (C=O) groups is 1. The van der Waals surface area contributed by atoms with Gasteiger partial charge in [0.15, 0.2) is 0 Å². The summed E-state index contributed by atoms with van der Waals surface area (Å²) in [7, 11) is 0. The van der Waals surface area contributed by atoms with Gasteiger partial charge in [-0.1, -0.05) is 6.07 Å². The van der Waals surface area contributed by atoms with Crippen LogP contribution in [-0.4, -0.2) is 19.1 Å². The summed E-state index contributed by atoms with van der Waals surface area (Å²) in [5, 5.41) is 4.74. The van der Waals surface area contributed by atoms with Crippen LogP contribution in [0.1, 0.15) is 22.5 Å². The summed E-state index contributed by atoms with van der Waals surface area (Å²) in [4.78, 5) is 12.4. The third-order valence-electron chi connectivity index (χ3n) is 2.68. The normalized spacial score (nSPS) is 10.2. The molecule has 1 amide bonds. The van der Waals surface area contributed by atoms with Gasteiger partial charge < -0.3 is 10.1 Å². The summed E-state index contributed by atoms with van der Waals surface area (Å²) >= 11 is 1.43. The van der Waals surface area contributed by atoms with Crippen molar-refractivity contribution >= 4 is 17.2 Å². The lowest BCUT2D eigenvalue weighted by molar-refractivity contribution is 0.0956. The number of thiophene rings is 1. The second kappa shape index (κ2) is 7.65. The van der Waals surface area contributed by atoms with E-state index in [1.165, 1.54) is 23.5 Å². The summed E-state index contributed by atoms with van der Waals surface area (Å²) in [6.07, 6.45) is 1.68. The maximum absolute atomic E-state index is 12.7. The van der Waals surface area contributed by atoms with Crippen LogP contribution in [0.5, 0.6) is 5.75 Å². The second-order valence-corrected chi connectivity index (χ2v) is 5.19. The zero-order valence-corrected chi connectivity index (χ0v) is 11.8. The van der Waals surface area contributed by atoms with E-state index in [0.29, 0.717) is 18.9 Å². The number of amides is 1. The van der Waals surface area contributed by atoms with Crippen LogP contribution < -0.4 is 10.1 Å². The number of rotatable bonds is 7. The molecule has 0 unspecified atom stereocenters. The van der Waals surface area contributed by atoms with Gasteiger partial charge in [0.2, 0.25) is 0 Å². The predicted molar refractivity (Wildman–Crippen MR) is 77.8 cm³/mol. The average Bonchev–Trinajstić information content (AvgIpc) is 2.98. The SMILES string of the molecule is O=C(NCCCCOc1ccc(F)cc1)c1cccs1. The molecule has 0 bridgehead atoms. The second-order valence-electron chi connectivity index (χ2n) is 4.24. The number of nitrogens with one attached hydrogen (secondary N) is 1. The summed E-state index contributed by atoms with van der Waals surface area (Å²) in [5.74, 6) is 0.363. The van der Waals surface area contributed by atoms with Crippen LogP contribution in [0.2, 0.25) is 0 Å². The molecule has 0 aliphatic heterocycles. The van der Waals surface area contributed by atoms with Gasteiger partial charge in [-0.05, 0) is 48.6 Å². The van der Waals surface area contributed by atoms with Crippen molar-refractivity contribution < 1.29 is 13.9 Å². The van der Waals surface area contributed by atoms with Crippen LogP contribution in [0.25, 0.3) is 0 Å². The molecule has 1 aromatic carbocycles. The van der Waals surface area contributed by atoms with Crippen molar-refractivity contribution in [1.29, 1.82) is 0 Å². The van der Waals surface area contributed by atoms with Gasteiger partial charge in [-0.25, -0.2) is 4.39 Å². The lowest BCUT2D eigenvalue weighted by Crippen LogP contribution is -2.23. The molecule has 1 heterocycles. The van der Waals surface area contributed by atoms with E-state index in [9.17, 15) is 9.18 Å². The minimum atomic E-state index is -0.270. The highest BCUT2D eigenvalue weighted by atomic mass is 32.1. The standard InChI is InChI=1S/C15H16FNO2S/c16-12-5-7-13(8-6-12)19-10-2-1-9-17-15(18)14-4-3-11-20-14/h3-8,11H,1-2,9-10H2,(H,17,18). The maximum atomic E-state index is 12.7. The van der Waals surface area contributed by atoms with Gasteiger partial charge in [0, 0.05) is 6.54 Å². The van der Waals surface area contributed by atoms with Crippen molar-refractivity contribution in [1.82, 2.24) is 5.32 Å². The topological polar surface area (TPSA) is 38.3 Å². The molecule has 0 aliphatic carbocycles. The molecule has 0 aliphatic rings. The molecule has 20 heavy (non-hydrogen) atoms. The summed E-state index contributed by atoms with van der Waals surface area (Å²) < 4.78 is 18.1. The number of ether oxygens (including phenoxy) is 1. The Labute approximate surface area is 121 Å². The lowest BCUT2D eigenvalue weighted by Gasteiger charge is -2.06. The zero-order chi connectivity index (χ0) is 14.2. The Morgan fingerprint density at radius 2 is 2.00 bits per heavy atom. The minimum absolute atomic E-state index is 0.0283. The van der Waals surface area contributed by atoms with Crippen LogP contribution >= 0.6 is 11.3 Å². The Balaban J connectivity index is 1.56. The van der Waals surface area contributed by atoms with E-state index in [0.717, 1.165) is 17.7 Å². The molecule has 0 saturated heterocycles. The third-order valence-corrected chi connectivity index (χ3v) is 3.55. The molecule has 106 valence electrons. The summed E-state index contributed by atoms with van der Waals surface area (Å²) in [6.45, 7) is 1.18. The van der Waals surface area contributed by atoms with E-state index in [1.807, 2.05) is 11.4 Å². The van der Waals surface area contributed by atoms with Crippen molar-refractivity contribution in [2.24, 2.45) is 0 Å². The van der Waals surface area contributed by atoms with Crippen molar-refractivity contribution in [2.45, 2.75) is 12.8 Å². The molecular formula is C15H16FNO2S. The molecule has 0 fully saturated rings. The zero-order valence-electron chi connectivity index (χ0n) is 11.0. The number of unbranched alkanes of at least 4 members (excludes halogenated alkanes) is 1. The molecule has 1 aromatic heterocycles. The van der Waals surface area contributed by atoms with Crippen molar-refractivity contribution in [3.63, 3.8) is 0 Å². The fourth-order valence-corrected chi connectivity index (χ4v) is 2.28. The summed E-state index contributed by atoms with van der Waals surface area (Å²) in [6, 6.07) is 9.61. The maximum Gasteiger partial charge on any atom is 0.261 e. The Hall–Kier alpha value is -1.88. The van der Waals surface area contributed by atoms with Crippen LogP contribution in [0.4, 0.5) is 4.39 Å². The van der Waals surface area contributed by atoms with E-state index in [2.05, 4.69) is 5.32 Å². The average molecular weight is 293 g/mol. The van der Waals surface area contributed by atoms with Gasteiger partial charge in [-0.3, -0.25) is 4.79 Å². The van der Waals surface area contributed by atoms with E-state index < -0.39 is 0 Å². The molecule has 2 aromatic rings. The van der Waals surface area contributed by atoms with Crippen molar-refractivity contribution in [3.05, 3.63) is 52.5 Å². The van der Waals surface area contributed by atoms with E-state index in [1.54, 1.807) is 18.2 Å². The first-order chi connectivity index (χ1) is 9.75. The first-order valence-electron chi connectivity index (χ1n) is 6.46. The minimum Gasteiger partial charge on any atom is -0.494 e. The fraction of sp³-hybridized carbons (Fsp3) is 0.267. The number of halogens is 1. The van der Waals surface area contributed by atoms with Gasteiger partial charge in [0.25, 0.3) is 5.91 Å². The highest BCUT2D eigenvalue weighted by Crippen LogP contribution is 2.11. The van der Waals surface area contributed by atoms with Crippen molar-refractivity contribution in [3.8, 4) is 5.75 Å². The number of benzene rings is 1. The molecular weight excluding hydrogens is 277 g/mol. The smallest absolute Gasteiger partial charge is 0.261 e. The number of carbonyl (C=O) groups excluding carboxylic acids is 1. The first kappa shape index (κ1) is 14.5. The molecule has 0 atom stereocenters. The van der Waals surface area contributed by atoms with Gasteiger partial charge in [-0.2, -0.15) is 0 Å². The van der Waals surface area contributed by atoms with E-state index in [4.69, 9.17) is 4.74 Å². The van der Waals surface area contributed by atoms with Crippen LogP contribution in [0.15, 0.2) is 41.8 Å². The Morgan fingerprint density at radius 1 is 1.20 bits per heavy atom. The largest absolute Gasteiger partial charge is 0.494 e.